The third-order valence-corrected chi connectivity index (χ3v) is 5.94. The molecule has 1 amide bonds. The van der Waals surface area contributed by atoms with Gasteiger partial charge in [0, 0.05) is 29.8 Å². The van der Waals surface area contributed by atoms with E-state index in [4.69, 9.17) is 0 Å². The summed E-state index contributed by atoms with van der Waals surface area (Å²) < 4.78 is 0. The average Bonchev–Trinajstić information content (AvgIpc) is 2.92. The van der Waals surface area contributed by atoms with E-state index in [2.05, 4.69) is 12.2 Å². The summed E-state index contributed by atoms with van der Waals surface area (Å²) in [4.78, 5) is 41.8. The van der Waals surface area contributed by atoms with Crippen molar-refractivity contribution in [3.63, 3.8) is 0 Å². The van der Waals surface area contributed by atoms with Crippen molar-refractivity contribution in [2.45, 2.75) is 32.4 Å². The first-order valence-electron chi connectivity index (χ1n) is 9.76. The zero-order valence-electron chi connectivity index (χ0n) is 16.2. The third kappa shape index (κ3) is 2.87. The van der Waals surface area contributed by atoms with Crippen molar-refractivity contribution < 1.29 is 14.4 Å². The molecule has 2 aliphatic rings. The van der Waals surface area contributed by atoms with Gasteiger partial charge < -0.3 is 5.32 Å². The minimum absolute atomic E-state index is 0.330. The molecule has 1 aliphatic carbocycles. The second-order valence-corrected chi connectivity index (χ2v) is 7.90. The first kappa shape index (κ1) is 18.6. The maximum atomic E-state index is 13.5. The Hall–Kier alpha value is -2.79. The summed E-state index contributed by atoms with van der Waals surface area (Å²) >= 11 is 0. The van der Waals surface area contributed by atoms with Crippen molar-refractivity contribution >= 4 is 17.5 Å². The van der Waals surface area contributed by atoms with E-state index >= 15 is 0 Å². The maximum Gasteiger partial charge on any atom is 0.253 e. The SMILES string of the molecule is Cc1ccc(C(=O)NC2(N3CCC(C)CC3)C(=O)c3ccccc3C2=O)cc1. The second-order valence-electron chi connectivity index (χ2n) is 7.90. The number of benzene rings is 2. The molecule has 2 aromatic rings. The number of aryl methyl sites for hydroxylation is 1. The van der Waals surface area contributed by atoms with Gasteiger partial charge in [-0.05, 0) is 37.8 Å². The Labute approximate surface area is 164 Å². The maximum absolute atomic E-state index is 13.5. The molecule has 1 fully saturated rings. The van der Waals surface area contributed by atoms with Crippen molar-refractivity contribution in [2.24, 2.45) is 5.92 Å². The quantitative estimate of drug-likeness (QED) is 0.836. The standard InChI is InChI=1S/C23H24N2O3/c1-15-7-9-17(10-8-15)22(28)24-23(25-13-11-16(2)12-14-25)20(26)18-5-3-4-6-19(18)21(23)27/h3-10,16H,11-14H2,1-2H3,(H,24,28). The summed E-state index contributed by atoms with van der Waals surface area (Å²) in [5.41, 5.74) is 0.598. The van der Waals surface area contributed by atoms with Gasteiger partial charge in [-0.3, -0.25) is 19.3 Å². The number of hydrogen-bond acceptors (Lipinski definition) is 4. The third-order valence-electron chi connectivity index (χ3n) is 5.94. The number of fused-ring (bicyclic) bond motifs is 1. The van der Waals surface area contributed by atoms with Crippen LogP contribution < -0.4 is 5.32 Å². The Morgan fingerprint density at radius 1 is 0.964 bits per heavy atom. The molecule has 0 spiro atoms. The number of rotatable bonds is 3. The Bertz CT molecular complexity index is 906. The van der Waals surface area contributed by atoms with Crippen LogP contribution in [-0.4, -0.2) is 41.1 Å². The molecule has 0 atom stereocenters. The van der Waals surface area contributed by atoms with Gasteiger partial charge in [-0.2, -0.15) is 0 Å². The summed E-state index contributed by atoms with van der Waals surface area (Å²) in [6.07, 6.45) is 1.78. The van der Waals surface area contributed by atoms with Crippen LogP contribution in [0.3, 0.4) is 0 Å². The summed E-state index contributed by atoms with van der Waals surface area (Å²) in [6, 6.07) is 14.0. The van der Waals surface area contributed by atoms with Crippen LogP contribution in [0, 0.1) is 12.8 Å². The van der Waals surface area contributed by atoms with Crippen molar-refractivity contribution in [1.29, 1.82) is 0 Å². The van der Waals surface area contributed by atoms with Gasteiger partial charge in [-0.25, -0.2) is 0 Å². The molecular weight excluding hydrogens is 352 g/mol. The van der Waals surface area contributed by atoms with Crippen LogP contribution in [0.2, 0.25) is 0 Å². The number of amides is 1. The first-order valence-corrected chi connectivity index (χ1v) is 9.76. The Kier molecular flexibility index (Phi) is 4.63. The van der Waals surface area contributed by atoms with E-state index in [1.165, 1.54) is 0 Å². The van der Waals surface area contributed by atoms with Crippen LogP contribution in [0.15, 0.2) is 48.5 Å². The first-order chi connectivity index (χ1) is 13.4. The van der Waals surface area contributed by atoms with Crippen LogP contribution in [0.4, 0.5) is 0 Å². The fourth-order valence-electron chi connectivity index (χ4n) is 4.14. The molecule has 1 aliphatic heterocycles. The van der Waals surface area contributed by atoms with Gasteiger partial charge in [0.25, 0.3) is 5.91 Å². The molecular formula is C23H24N2O3. The molecule has 1 saturated heterocycles. The molecule has 0 unspecified atom stereocenters. The monoisotopic (exact) mass is 376 g/mol. The minimum Gasteiger partial charge on any atom is -0.320 e. The molecule has 28 heavy (non-hydrogen) atoms. The van der Waals surface area contributed by atoms with Gasteiger partial charge in [0.05, 0.1) is 0 Å². The van der Waals surface area contributed by atoms with E-state index in [0.717, 1.165) is 18.4 Å². The average molecular weight is 376 g/mol. The number of ketones is 2. The minimum atomic E-state index is -1.65. The zero-order valence-corrected chi connectivity index (χ0v) is 16.2. The van der Waals surface area contributed by atoms with Gasteiger partial charge >= 0.3 is 0 Å². The lowest BCUT2D eigenvalue weighted by atomic mass is 9.93. The Morgan fingerprint density at radius 3 is 2.04 bits per heavy atom. The van der Waals surface area contributed by atoms with Crippen molar-refractivity contribution in [2.75, 3.05) is 13.1 Å². The highest BCUT2D eigenvalue weighted by Crippen LogP contribution is 2.35. The van der Waals surface area contributed by atoms with E-state index in [1.54, 1.807) is 36.4 Å². The molecule has 0 bridgehead atoms. The highest BCUT2D eigenvalue weighted by atomic mass is 16.2. The Morgan fingerprint density at radius 2 is 1.50 bits per heavy atom. The van der Waals surface area contributed by atoms with Crippen molar-refractivity contribution in [3.05, 3.63) is 70.8 Å². The number of nitrogens with one attached hydrogen (secondary N) is 1. The molecule has 5 nitrogen and oxygen atoms in total. The largest absolute Gasteiger partial charge is 0.320 e. The number of Topliss-reactive ketones (excluding diaryl/α,β-unsaturated/α-hetero) is 2. The lowest BCUT2D eigenvalue weighted by Gasteiger charge is -2.42. The van der Waals surface area contributed by atoms with E-state index in [9.17, 15) is 14.4 Å². The lowest BCUT2D eigenvalue weighted by molar-refractivity contribution is 0.0260. The molecule has 5 heteroatoms. The number of piperidine rings is 1. The summed E-state index contributed by atoms with van der Waals surface area (Å²) in [5, 5.41) is 2.85. The fraction of sp³-hybridized carbons (Fsp3) is 0.348. The normalized spacial score (nSPS) is 19.5. The van der Waals surface area contributed by atoms with Crippen LogP contribution in [0.5, 0.6) is 0 Å². The van der Waals surface area contributed by atoms with Crippen LogP contribution in [0.1, 0.15) is 56.4 Å². The number of hydrogen-bond donors (Lipinski definition) is 1. The molecule has 0 radical (unpaired) electrons. The van der Waals surface area contributed by atoms with Gasteiger partial charge in [0.2, 0.25) is 17.2 Å². The zero-order chi connectivity index (χ0) is 19.9. The Balaban J connectivity index is 1.75. The summed E-state index contributed by atoms with van der Waals surface area (Å²) in [5.74, 6) is -0.533. The smallest absolute Gasteiger partial charge is 0.253 e. The van der Waals surface area contributed by atoms with E-state index < -0.39 is 11.6 Å². The van der Waals surface area contributed by atoms with Gasteiger partial charge in [-0.1, -0.05) is 48.9 Å². The summed E-state index contributed by atoms with van der Waals surface area (Å²) in [7, 11) is 0. The van der Waals surface area contributed by atoms with Crippen molar-refractivity contribution in [3.8, 4) is 0 Å². The predicted octanol–water partition coefficient (Wildman–Crippen LogP) is 3.23. The van der Waals surface area contributed by atoms with E-state index in [0.29, 0.717) is 35.7 Å². The van der Waals surface area contributed by atoms with Crippen LogP contribution in [-0.2, 0) is 0 Å². The van der Waals surface area contributed by atoms with Gasteiger partial charge in [-0.15, -0.1) is 0 Å². The second kappa shape index (κ2) is 6.99. The van der Waals surface area contributed by atoms with Gasteiger partial charge in [0.15, 0.2) is 0 Å². The topological polar surface area (TPSA) is 66.5 Å². The van der Waals surface area contributed by atoms with E-state index in [-0.39, 0.29) is 11.6 Å². The molecule has 1 N–H and O–H groups in total. The van der Waals surface area contributed by atoms with Gasteiger partial charge in [0.1, 0.15) is 0 Å². The van der Waals surface area contributed by atoms with Crippen LogP contribution in [0.25, 0.3) is 0 Å². The van der Waals surface area contributed by atoms with Crippen LogP contribution >= 0.6 is 0 Å². The molecule has 1 heterocycles. The van der Waals surface area contributed by atoms with E-state index in [1.807, 2.05) is 24.0 Å². The molecule has 4 rings (SSSR count). The number of likely N-dealkylation sites (tertiary alicyclic amines) is 1. The molecule has 144 valence electrons. The molecule has 2 aromatic carbocycles. The highest BCUT2D eigenvalue weighted by molar-refractivity contribution is 6.33. The number of nitrogens with zero attached hydrogens (tertiary/aromatic N) is 1. The highest BCUT2D eigenvalue weighted by Gasteiger charge is 2.58. The molecule has 0 saturated carbocycles. The summed E-state index contributed by atoms with van der Waals surface area (Å²) in [6.45, 7) is 5.31. The number of carbonyl (C=O) groups is 3. The fourth-order valence-corrected chi connectivity index (χ4v) is 4.14. The van der Waals surface area contributed by atoms with Crippen molar-refractivity contribution in [1.82, 2.24) is 10.2 Å². The molecule has 0 aromatic heterocycles. The number of carbonyl (C=O) groups excluding carboxylic acids is 3. The lowest BCUT2D eigenvalue weighted by Crippen LogP contribution is -2.68. The predicted molar refractivity (Wildman–Crippen MR) is 106 cm³/mol.